The molecule has 1 saturated heterocycles. The molecule has 1 heterocycles. The molecule has 3 heteroatoms. The van der Waals surface area contributed by atoms with Crippen LogP contribution in [0.25, 0.3) is 0 Å². The maximum absolute atomic E-state index is 11.5. The van der Waals surface area contributed by atoms with Crippen molar-refractivity contribution in [1.82, 2.24) is 4.90 Å². The van der Waals surface area contributed by atoms with E-state index in [1.54, 1.807) is 7.05 Å². The first-order valence-corrected chi connectivity index (χ1v) is 5.18. The number of carbonyl (C=O) groups excluding carboxylic acids is 2. The predicted octanol–water partition coefficient (Wildman–Crippen LogP) is 1.90. The largest absolute Gasteiger partial charge is 0.286 e. The molecule has 0 saturated carbocycles. The Bertz CT molecular complexity index is 311. The lowest BCUT2D eigenvalue weighted by Gasteiger charge is -2.27. The van der Waals surface area contributed by atoms with E-state index >= 15 is 0 Å². The van der Waals surface area contributed by atoms with Gasteiger partial charge in [-0.3, -0.25) is 14.5 Å². The molecular formula is C12H17NO2. The smallest absolute Gasteiger partial charge is 0.229 e. The Kier molecular flexibility index (Phi) is 3.83. The standard InChI is InChI=1S/C12H17NO2/c1-4-6-9(5-2)10-7-11(14)13(3)12(15)8-10/h4-6,10H,7-8H2,1-3H3/b6-4-,9-5+. The third-order valence-corrected chi connectivity index (χ3v) is 2.75. The molecular weight excluding hydrogens is 190 g/mol. The number of carbonyl (C=O) groups is 2. The normalized spacial score (nSPS) is 20.5. The molecule has 3 nitrogen and oxygen atoms in total. The molecule has 82 valence electrons. The quantitative estimate of drug-likeness (QED) is 0.512. The first-order valence-electron chi connectivity index (χ1n) is 5.18. The number of allylic oxidation sites excluding steroid dienone is 4. The Morgan fingerprint density at radius 3 is 2.20 bits per heavy atom. The molecule has 0 radical (unpaired) electrons. The molecule has 0 N–H and O–H groups in total. The Balaban J connectivity index is 2.82. The van der Waals surface area contributed by atoms with Crippen LogP contribution in [0.2, 0.25) is 0 Å². The highest BCUT2D eigenvalue weighted by molar-refractivity contribution is 5.98. The van der Waals surface area contributed by atoms with Crippen LogP contribution in [0.15, 0.2) is 23.8 Å². The van der Waals surface area contributed by atoms with E-state index in [0.717, 1.165) is 5.57 Å². The molecule has 15 heavy (non-hydrogen) atoms. The molecule has 0 atom stereocenters. The van der Waals surface area contributed by atoms with Crippen molar-refractivity contribution >= 4 is 11.8 Å². The fraction of sp³-hybridized carbons (Fsp3) is 0.500. The van der Waals surface area contributed by atoms with Crippen LogP contribution < -0.4 is 0 Å². The number of hydrogen-bond donors (Lipinski definition) is 0. The minimum absolute atomic E-state index is 0.0578. The van der Waals surface area contributed by atoms with Gasteiger partial charge in [0.1, 0.15) is 0 Å². The predicted molar refractivity (Wildman–Crippen MR) is 59.1 cm³/mol. The van der Waals surface area contributed by atoms with Crippen molar-refractivity contribution in [3.63, 3.8) is 0 Å². The molecule has 0 aromatic carbocycles. The van der Waals surface area contributed by atoms with Crippen molar-refractivity contribution in [2.24, 2.45) is 5.92 Å². The zero-order valence-electron chi connectivity index (χ0n) is 9.49. The van der Waals surface area contributed by atoms with Gasteiger partial charge in [-0.1, -0.05) is 18.2 Å². The van der Waals surface area contributed by atoms with Crippen molar-refractivity contribution in [2.75, 3.05) is 7.05 Å². The Labute approximate surface area is 90.5 Å². The van der Waals surface area contributed by atoms with Gasteiger partial charge in [0, 0.05) is 25.8 Å². The molecule has 0 unspecified atom stereocenters. The van der Waals surface area contributed by atoms with E-state index in [1.807, 2.05) is 32.1 Å². The zero-order chi connectivity index (χ0) is 11.4. The minimum atomic E-state index is -0.0832. The number of likely N-dealkylation sites (tertiary alicyclic amines) is 1. The average molecular weight is 207 g/mol. The lowest BCUT2D eigenvalue weighted by molar-refractivity contribution is -0.147. The van der Waals surface area contributed by atoms with Gasteiger partial charge in [0.2, 0.25) is 11.8 Å². The van der Waals surface area contributed by atoms with Crippen LogP contribution >= 0.6 is 0 Å². The van der Waals surface area contributed by atoms with E-state index in [9.17, 15) is 9.59 Å². The lowest BCUT2D eigenvalue weighted by atomic mass is 9.88. The van der Waals surface area contributed by atoms with E-state index in [0.29, 0.717) is 12.8 Å². The first kappa shape index (κ1) is 11.7. The van der Waals surface area contributed by atoms with E-state index in [-0.39, 0.29) is 17.7 Å². The molecule has 0 bridgehead atoms. The number of amides is 2. The number of piperidine rings is 1. The molecule has 0 aromatic rings. The topological polar surface area (TPSA) is 37.4 Å². The highest BCUT2D eigenvalue weighted by atomic mass is 16.2. The van der Waals surface area contributed by atoms with Crippen LogP contribution in [0, 0.1) is 5.92 Å². The van der Waals surface area contributed by atoms with Gasteiger partial charge in [-0.05, 0) is 19.4 Å². The van der Waals surface area contributed by atoms with Gasteiger partial charge < -0.3 is 0 Å². The molecule has 0 aliphatic carbocycles. The second-order valence-corrected chi connectivity index (χ2v) is 3.74. The van der Waals surface area contributed by atoms with Crippen LogP contribution in [0.5, 0.6) is 0 Å². The Morgan fingerprint density at radius 2 is 1.80 bits per heavy atom. The molecule has 1 aliphatic rings. The molecule has 2 amide bonds. The van der Waals surface area contributed by atoms with Crippen LogP contribution in [-0.4, -0.2) is 23.8 Å². The monoisotopic (exact) mass is 207 g/mol. The Hall–Kier alpha value is -1.38. The summed E-state index contributed by atoms with van der Waals surface area (Å²) in [4.78, 5) is 24.2. The SMILES string of the molecule is C/C=C\C(=C/C)C1CC(=O)N(C)C(=O)C1. The molecule has 1 rings (SSSR count). The van der Waals surface area contributed by atoms with Gasteiger partial charge in [0.05, 0.1) is 0 Å². The van der Waals surface area contributed by atoms with Gasteiger partial charge >= 0.3 is 0 Å². The fourth-order valence-electron chi connectivity index (χ4n) is 1.80. The fourth-order valence-corrected chi connectivity index (χ4v) is 1.80. The van der Waals surface area contributed by atoms with Gasteiger partial charge in [-0.15, -0.1) is 0 Å². The van der Waals surface area contributed by atoms with Crippen molar-refractivity contribution in [3.05, 3.63) is 23.8 Å². The van der Waals surface area contributed by atoms with Crippen LogP contribution in [0.4, 0.5) is 0 Å². The number of imide groups is 1. The summed E-state index contributed by atoms with van der Waals surface area (Å²) in [6.45, 7) is 3.87. The maximum Gasteiger partial charge on any atom is 0.229 e. The van der Waals surface area contributed by atoms with E-state index < -0.39 is 0 Å². The number of rotatable bonds is 2. The second-order valence-electron chi connectivity index (χ2n) is 3.74. The highest BCUT2D eigenvalue weighted by Gasteiger charge is 2.30. The van der Waals surface area contributed by atoms with Gasteiger partial charge in [-0.2, -0.15) is 0 Å². The number of nitrogens with zero attached hydrogens (tertiary/aromatic N) is 1. The summed E-state index contributed by atoms with van der Waals surface area (Å²) >= 11 is 0. The van der Waals surface area contributed by atoms with Crippen molar-refractivity contribution in [1.29, 1.82) is 0 Å². The van der Waals surface area contributed by atoms with Gasteiger partial charge in [0.15, 0.2) is 0 Å². The van der Waals surface area contributed by atoms with Crippen LogP contribution in [0.3, 0.4) is 0 Å². The lowest BCUT2D eigenvalue weighted by Crippen LogP contribution is -2.40. The highest BCUT2D eigenvalue weighted by Crippen LogP contribution is 2.26. The molecule has 1 fully saturated rings. The third kappa shape index (κ3) is 2.55. The van der Waals surface area contributed by atoms with Gasteiger partial charge in [0.25, 0.3) is 0 Å². The molecule has 0 spiro atoms. The summed E-state index contributed by atoms with van der Waals surface area (Å²) in [6.07, 6.45) is 6.74. The van der Waals surface area contributed by atoms with Crippen molar-refractivity contribution in [2.45, 2.75) is 26.7 Å². The van der Waals surface area contributed by atoms with Gasteiger partial charge in [-0.25, -0.2) is 0 Å². The van der Waals surface area contributed by atoms with Crippen molar-refractivity contribution < 1.29 is 9.59 Å². The second kappa shape index (κ2) is 4.91. The van der Waals surface area contributed by atoms with Crippen LogP contribution in [-0.2, 0) is 9.59 Å². The third-order valence-electron chi connectivity index (χ3n) is 2.75. The average Bonchev–Trinajstić information content (AvgIpc) is 2.22. The summed E-state index contributed by atoms with van der Waals surface area (Å²) in [5.74, 6) is -0.109. The summed E-state index contributed by atoms with van der Waals surface area (Å²) in [7, 11) is 1.55. The maximum atomic E-state index is 11.5. The zero-order valence-corrected chi connectivity index (χ0v) is 9.49. The molecule has 1 aliphatic heterocycles. The number of hydrogen-bond acceptors (Lipinski definition) is 2. The molecule has 0 aromatic heterocycles. The van der Waals surface area contributed by atoms with Crippen LogP contribution in [0.1, 0.15) is 26.7 Å². The summed E-state index contributed by atoms with van der Waals surface area (Å²) in [6, 6.07) is 0. The summed E-state index contributed by atoms with van der Waals surface area (Å²) in [5, 5.41) is 0. The van der Waals surface area contributed by atoms with E-state index in [1.165, 1.54) is 4.90 Å². The first-order chi connectivity index (χ1) is 7.10. The Morgan fingerprint density at radius 1 is 1.27 bits per heavy atom. The minimum Gasteiger partial charge on any atom is -0.286 e. The van der Waals surface area contributed by atoms with E-state index in [4.69, 9.17) is 0 Å². The van der Waals surface area contributed by atoms with E-state index in [2.05, 4.69) is 0 Å². The van der Waals surface area contributed by atoms with Crippen molar-refractivity contribution in [3.8, 4) is 0 Å². The summed E-state index contributed by atoms with van der Waals surface area (Å²) < 4.78 is 0. The summed E-state index contributed by atoms with van der Waals surface area (Å²) in [5.41, 5.74) is 1.08.